The molecule has 30 heavy (non-hydrogen) atoms. The van der Waals surface area contributed by atoms with Crippen molar-refractivity contribution in [3.8, 4) is 22.7 Å². The Morgan fingerprint density at radius 1 is 1.30 bits per heavy atom. The molecule has 0 radical (unpaired) electrons. The van der Waals surface area contributed by atoms with E-state index in [1.807, 2.05) is 0 Å². The quantitative estimate of drug-likeness (QED) is 0.513. The topological polar surface area (TPSA) is 106 Å². The number of ether oxygens (including phenoxy) is 1. The van der Waals surface area contributed by atoms with Gasteiger partial charge in [-0.3, -0.25) is 9.89 Å². The Morgan fingerprint density at radius 2 is 2.13 bits per heavy atom. The van der Waals surface area contributed by atoms with E-state index in [0.717, 1.165) is 16.0 Å². The number of aromatic amines is 1. The van der Waals surface area contributed by atoms with Gasteiger partial charge in [0.25, 0.3) is 11.8 Å². The van der Waals surface area contributed by atoms with Crippen LogP contribution in [-0.4, -0.2) is 32.9 Å². The van der Waals surface area contributed by atoms with Gasteiger partial charge in [0.2, 0.25) is 0 Å². The van der Waals surface area contributed by atoms with Gasteiger partial charge in [0.15, 0.2) is 5.82 Å². The van der Waals surface area contributed by atoms with E-state index in [1.54, 1.807) is 25.1 Å². The number of halogens is 1. The van der Waals surface area contributed by atoms with Gasteiger partial charge in [-0.25, -0.2) is 4.39 Å². The lowest BCUT2D eigenvalue weighted by Gasteiger charge is -2.12. The van der Waals surface area contributed by atoms with Gasteiger partial charge in [-0.05, 0) is 49.2 Å². The van der Waals surface area contributed by atoms with Crippen LogP contribution in [0.2, 0.25) is 0 Å². The molecule has 3 aromatic heterocycles. The number of thiophene rings is 1. The molecule has 4 aromatic rings. The molecule has 0 fully saturated rings. The van der Waals surface area contributed by atoms with Crippen molar-refractivity contribution in [2.45, 2.75) is 20.0 Å². The highest BCUT2D eigenvalue weighted by Gasteiger charge is 2.27. The first-order valence-electron chi connectivity index (χ1n) is 9.24. The van der Waals surface area contributed by atoms with Gasteiger partial charge < -0.3 is 14.6 Å². The van der Waals surface area contributed by atoms with Crippen molar-refractivity contribution >= 4 is 22.2 Å². The molecular formula is C20H16FN5O3S. The van der Waals surface area contributed by atoms with Crippen LogP contribution in [-0.2, 0) is 17.8 Å². The minimum Gasteiger partial charge on any atom is -0.376 e. The summed E-state index contributed by atoms with van der Waals surface area (Å²) in [6.07, 6.45) is 0.706. The number of carbonyl (C=O) groups excluding carboxylic acids is 1. The summed E-state index contributed by atoms with van der Waals surface area (Å²) < 4.78 is 24.1. The van der Waals surface area contributed by atoms with Crippen molar-refractivity contribution in [2.75, 3.05) is 11.9 Å². The predicted octanol–water partition coefficient (Wildman–Crippen LogP) is 3.96. The van der Waals surface area contributed by atoms with Gasteiger partial charge in [0.1, 0.15) is 16.5 Å². The van der Waals surface area contributed by atoms with E-state index < -0.39 is 0 Å². The van der Waals surface area contributed by atoms with Crippen molar-refractivity contribution in [1.82, 2.24) is 20.3 Å². The third kappa shape index (κ3) is 3.40. The van der Waals surface area contributed by atoms with Gasteiger partial charge in [-0.2, -0.15) is 10.1 Å². The fourth-order valence-corrected chi connectivity index (χ4v) is 4.49. The molecule has 0 saturated heterocycles. The fraction of sp³-hybridized carbons (Fsp3) is 0.200. The van der Waals surface area contributed by atoms with E-state index in [0.29, 0.717) is 47.6 Å². The molecular weight excluding hydrogens is 409 g/mol. The van der Waals surface area contributed by atoms with E-state index in [1.165, 1.54) is 23.5 Å². The third-order valence-corrected chi connectivity index (χ3v) is 5.87. The van der Waals surface area contributed by atoms with E-state index >= 15 is 0 Å². The Labute approximate surface area is 174 Å². The number of nitrogens with one attached hydrogen (secondary N) is 2. The molecule has 5 rings (SSSR count). The number of benzene rings is 1. The average molecular weight is 425 g/mol. The summed E-state index contributed by atoms with van der Waals surface area (Å²) in [4.78, 5) is 18.2. The van der Waals surface area contributed by atoms with E-state index in [2.05, 4.69) is 25.7 Å². The van der Waals surface area contributed by atoms with Crippen molar-refractivity contribution in [1.29, 1.82) is 0 Å². The lowest BCUT2D eigenvalue weighted by molar-refractivity contribution is 0.102. The molecule has 0 saturated carbocycles. The highest BCUT2D eigenvalue weighted by Crippen LogP contribution is 2.42. The summed E-state index contributed by atoms with van der Waals surface area (Å²) in [5.74, 6) is 0.208. The summed E-state index contributed by atoms with van der Waals surface area (Å²) in [5, 5.41) is 14.3. The van der Waals surface area contributed by atoms with Gasteiger partial charge in [-0.1, -0.05) is 5.16 Å². The second-order valence-corrected chi connectivity index (χ2v) is 7.89. The number of nitrogens with zero attached hydrogens (tertiary/aromatic N) is 3. The van der Waals surface area contributed by atoms with E-state index in [9.17, 15) is 9.18 Å². The molecule has 152 valence electrons. The number of hydrogen-bond acceptors (Lipinski definition) is 7. The molecule has 1 aliphatic rings. The normalized spacial score (nSPS) is 13.3. The van der Waals surface area contributed by atoms with Gasteiger partial charge >= 0.3 is 0 Å². The molecule has 1 aliphatic heterocycles. The van der Waals surface area contributed by atoms with Gasteiger partial charge in [0.05, 0.1) is 24.5 Å². The Bertz CT molecular complexity index is 1230. The number of H-pyrrole nitrogens is 1. The van der Waals surface area contributed by atoms with Crippen LogP contribution in [0.3, 0.4) is 0 Å². The zero-order valence-corrected chi connectivity index (χ0v) is 16.7. The van der Waals surface area contributed by atoms with Crippen LogP contribution in [0.15, 0.2) is 34.9 Å². The molecule has 0 aliphatic carbocycles. The summed E-state index contributed by atoms with van der Waals surface area (Å²) in [6.45, 7) is 2.82. The molecule has 8 nitrogen and oxygen atoms in total. The molecule has 0 spiro atoms. The number of aryl methyl sites for hydroxylation is 1. The number of anilines is 1. The second kappa shape index (κ2) is 7.47. The molecule has 0 atom stereocenters. The van der Waals surface area contributed by atoms with Crippen LogP contribution >= 0.6 is 11.3 Å². The molecule has 2 N–H and O–H groups in total. The Kier molecular flexibility index (Phi) is 4.64. The number of amides is 1. The lowest BCUT2D eigenvalue weighted by Crippen LogP contribution is -2.12. The molecule has 10 heteroatoms. The first kappa shape index (κ1) is 18.6. The summed E-state index contributed by atoms with van der Waals surface area (Å²) in [6, 6.07) is 7.53. The molecule has 4 heterocycles. The van der Waals surface area contributed by atoms with E-state index in [4.69, 9.17) is 9.26 Å². The zero-order valence-electron chi connectivity index (χ0n) is 15.9. The largest absolute Gasteiger partial charge is 0.376 e. The number of fused-ring (bicyclic) bond motifs is 1. The Balaban J connectivity index is 1.45. The monoisotopic (exact) mass is 425 g/mol. The summed E-state index contributed by atoms with van der Waals surface area (Å²) >= 11 is 1.43. The zero-order chi connectivity index (χ0) is 20.7. The Morgan fingerprint density at radius 3 is 2.90 bits per heavy atom. The standard InChI is InChI=1S/C20H16FN5O3S/c1-10-22-19(29-26-10)17-13-6-7-28-9-16(13)30-20(17)23-18(27)15-8-14(24-25-15)11-2-4-12(21)5-3-11/h2-5,8H,6-7,9H2,1H3,(H,23,27)(H,24,25). The van der Waals surface area contributed by atoms with Crippen LogP contribution in [0.5, 0.6) is 0 Å². The maximum atomic E-state index is 13.1. The first-order chi connectivity index (χ1) is 14.6. The van der Waals surface area contributed by atoms with Crippen LogP contribution in [0.1, 0.15) is 26.8 Å². The maximum absolute atomic E-state index is 13.1. The molecule has 1 aromatic carbocycles. The predicted molar refractivity (Wildman–Crippen MR) is 108 cm³/mol. The smallest absolute Gasteiger partial charge is 0.274 e. The lowest BCUT2D eigenvalue weighted by atomic mass is 10.1. The molecule has 1 amide bonds. The number of hydrogen-bond donors (Lipinski definition) is 2. The number of aromatic nitrogens is 4. The van der Waals surface area contributed by atoms with Gasteiger partial charge in [-0.15, -0.1) is 11.3 Å². The van der Waals surface area contributed by atoms with Crippen molar-refractivity contribution in [2.24, 2.45) is 0 Å². The SMILES string of the molecule is Cc1noc(-c2c(NC(=O)c3cc(-c4ccc(F)cc4)n[nH]3)sc3c2CCOC3)n1. The van der Waals surface area contributed by atoms with Crippen molar-refractivity contribution in [3.05, 3.63) is 58.1 Å². The second-order valence-electron chi connectivity index (χ2n) is 6.79. The van der Waals surface area contributed by atoms with Crippen LogP contribution in [0.4, 0.5) is 9.39 Å². The minimum absolute atomic E-state index is 0.282. The van der Waals surface area contributed by atoms with Crippen molar-refractivity contribution < 1.29 is 18.4 Å². The third-order valence-electron chi connectivity index (χ3n) is 4.75. The number of carbonyl (C=O) groups is 1. The highest BCUT2D eigenvalue weighted by molar-refractivity contribution is 7.17. The summed E-state index contributed by atoms with van der Waals surface area (Å²) in [5.41, 5.74) is 3.33. The summed E-state index contributed by atoms with van der Waals surface area (Å²) in [7, 11) is 0. The Hall–Kier alpha value is -3.37. The van der Waals surface area contributed by atoms with Crippen LogP contribution in [0, 0.1) is 12.7 Å². The molecule has 0 bridgehead atoms. The maximum Gasteiger partial charge on any atom is 0.274 e. The highest BCUT2D eigenvalue weighted by atomic mass is 32.1. The first-order valence-corrected chi connectivity index (χ1v) is 10.1. The van der Waals surface area contributed by atoms with Crippen molar-refractivity contribution in [3.63, 3.8) is 0 Å². The fourth-order valence-electron chi connectivity index (χ4n) is 3.32. The van der Waals surface area contributed by atoms with Crippen LogP contribution < -0.4 is 5.32 Å². The minimum atomic E-state index is -0.354. The molecule has 0 unspecified atom stereocenters. The van der Waals surface area contributed by atoms with E-state index in [-0.39, 0.29) is 17.4 Å². The van der Waals surface area contributed by atoms with Crippen LogP contribution in [0.25, 0.3) is 22.7 Å². The number of rotatable bonds is 4. The van der Waals surface area contributed by atoms with Gasteiger partial charge in [0, 0.05) is 10.4 Å². The average Bonchev–Trinajstić information content (AvgIpc) is 3.46.